The highest BCUT2D eigenvalue weighted by Crippen LogP contribution is 2.55. The highest BCUT2D eigenvalue weighted by atomic mass is 16.5. The van der Waals surface area contributed by atoms with E-state index >= 15 is 0 Å². The van der Waals surface area contributed by atoms with Crippen LogP contribution in [0.25, 0.3) is 76.8 Å². The third kappa shape index (κ3) is 5.36. The van der Waals surface area contributed by atoms with Gasteiger partial charge in [0.15, 0.2) is 0 Å². The van der Waals surface area contributed by atoms with E-state index in [4.69, 9.17) is 9.47 Å². The molecule has 0 N–H and O–H groups in total. The van der Waals surface area contributed by atoms with Crippen LogP contribution in [0.4, 0.5) is 0 Å². The summed E-state index contributed by atoms with van der Waals surface area (Å²) in [5, 5.41) is 7.26. The molecule has 0 bridgehead atoms. The zero-order valence-electron chi connectivity index (χ0n) is 35.3. The summed E-state index contributed by atoms with van der Waals surface area (Å²) in [6, 6.07) is 70.7. The third-order valence-corrected chi connectivity index (χ3v) is 13.7. The lowest BCUT2D eigenvalue weighted by atomic mass is 9.72. The molecule has 2 nitrogen and oxygen atoms in total. The van der Waals surface area contributed by atoms with Crippen molar-refractivity contribution in [2.24, 2.45) is 0 Å². The van der Waals surface area contributed by atoms with Crippen LogP contribution in [0.1, 0.15) is 49.9 Å². The minimum Gasteiger partial charge on any atom is -0.457 e. The second-order valence-corrected chi connectivity index (χ2v) is 18.0. The molecule has 0 saturated heterocycles. The molecule has 0 radical (unpaired) electrons. The van der Waals surface area contributed by atoms with Crippen LogP contribution in [0.3, 0.4) is 0 Å². The fourth-order valence-electron chi connectivity index (χ4n) is 10.9. The average Bonchev–Trinajstić information content (AvgIpc) is 3.30. The van der Waals surface area contributed by atoms with Crippen LogP contribution in [0, 0.1) is 0 Å². The van der Waals surface area contributed by atoms with Gasteiger partial charge in [0.25, 0.3) is 0 Å². The lowest BCUT2D eigenvalue weighted by molar-refractivity contribution is 0.418. The molecule has 0 fully saturated rings. The highest BCUT2D eigenvalue weighted by Gasteiger charge is 2.38. The van der Waals surface area contributed by atoms with Crippen molar-refractivity contribution < 1.29 is 9.47 Å². The van der Waals surface area contributed by atoms with Crippen LogP contribution >= 0.6 is 0 Å². The molecule has 10 aromatic carbocycles. The first-order valence-electron chi connectivity index (χ1n) is 21.7. The Labute approximate surface area is 362 Å². The van der Waals surface area contributed by atoms with Crippen LogP contribution in [0.15, 0.2) is 194 Å². The van der Waals surface area contributed by atoms with Gasteiger partial charge in [-0.2, -0.15) is 0 Å². The van der Waals surface area contributed by atoms with Gasteiger partial charge in [-0.1, -0.05) is 179 Å². The highest BCUT2D eigenvalue weighted by molar-refractivity contribution is 6.22. The third-order valence-electron chi connectivity index (χ3n) is 13.7. The first-order chi connectivity index (χ1) is 30.3. The average molecular weight is 797 g/mol. The lowest BCUT2D eigenvalue weighted by Crippen LogP contribution is -2.25. The minimum atomic E-state index is -0.307. The lowest BCUT2D eigenvalue weighted by Gasteiger charge is -2.36. The van der Waals surface area contributed by atoms with E-state index in [9.17, 15) is 0 Å². The zero-order valence-corrected chi connectivity index (χ0v) is 35.3. The molecular weight excluding hydrogens is 753 g/mol. The van der Waals surface area contributed by atoms with Crippen LogP contribution < -0.4 is 9.47 Å². The number of ether oxygens (including phenoxy) is 2. The smallest absolute Gasteiger partial charge is 0.132 e. The van der Waals surface area contributed by atoms with Gasteiger partial charge in [0.1, 0.15) is 23.0 Å². The second kappa shape index (κ2) is 13.5. The Morgan fingerprint density at radius 2 is 0.758 bits per heavy atom. The maximum absolute atomic E-state index is 6.72. The van der Waals surface area contributed by atoms with E-state index < -0.39 is 0 Å². The van der Waals surface area contributed by atoms with E-state index in [0.29, 0.717) is 0 Å². The molecule has 0 spiro atoms. The van der Waals surface area contributed by atoms with E-state index in [1.165, 1.54) is 99.1 Å². The number of rotatable bonds is 4. The van der Waals surface area contributed by atoms with Crippen molar-refractivity contribution in [1.82, 2.24) is 0 Å². The summed E-state index contributed by atoms with van der Waals surface area (Å²) in [6.07, 6.45) is 0. The van der Waals surface area contributed by atoms with Gasteiger partial charge in [-0.15, -0.1) is 0 Å². The number of benzene rings is 10. The Kier molecular flexibility index (Phi) is 7.96. The van der Waals surface area contributed by atoms with Crippen molar-refractivity contribution in [1.29, 1.82) is 0 Å². The fourth-order valence-corrected chi connectivity index (χ4v) is 10.9. The Morgan fingerprint density at radius 1 is 0.306 bits per heavy atom. The van der Waals surface area contributed by atoms with Crippen molar-refractivity contribution in [3.63, 3.8) is 0 Å². The van der Waals surface area contributed by atoms with Crippen molar-refractivity contribution in [2.75, 3.05) is 0 Å². The molecule has 0 aliphatic carbocycles. The Bertz CT molecular complexity index is 3300. The van der Waals surface area contributed by atoms with Gasteiger partial charge >= 0.3 is 0 Å². The molecule has 10 aromatic rings. The molecule has 2 heterocycles. The van der Waals surface area contributed by atoms with Crippen LogP contribution in [-0.2, 0) is 10.8 Å². The second-order valence-electron chi connectivity index (χ2n) is 18.0. The van der Waals surface area contributed by atoms with Gasteiger partial charge < -0.3 is 9.47 Å². The molecule has 0 unspecified atom stereocenters. The quantitative estimate of drug-likeness (QED) is 0.165. The van der Waals surface area contributed by atoms with Crippen LogP contribution in [0.2, 0.25) is 0 Å². The molecular formula is C60H44O2. The molecule has 62 heavy (non-hydrogen) atoms. The predicted molar refractivity (Wildman–Crippen MR) is 258 cm³/mol. The van der Waals surface area contributed by atoms with Crippen LogP contribution in [-0.4, -0.2) is 0 Å². The molecule has 0 aromatic heterocycles. The van der Waals surface area contributed by atoms with Gasteiger partial charge in [0.2, 0.25) is 0 Å². The summed E-state index contributed by atoms with van der Waals surface area (Å²) in [7, 11) is 0. The van der Waals surface area contributed by atoms with Crippen molar-refractivity contribution in [3.8, 4) is 67.5 Å². The van der Waals surface area contributed by atoms with Gasteiger partial charge in [-0.25, -0.2) is 0 Å². The zero-order chi connectivity index (χ0) is 41.7. The van der Waals surface area contributed by atoms with Crippen molar-refractivity contribution in [3.05, 3.63) is 216 Å². The standard InChI is InChI=1S/C60H44O2/c1-59(2)50-28-10-12-30-52(50)61-54-32-16-26-45(57(54)59)41-22-14-24-43-47(41)36-48-42(46-27-17-33-55-58(46)60(3,4)51-29-11-13-31-53(51)62-55)23-15-25-44(48)56(43)49-35-39(37-18-6-5-7-19-37)34-38-20-8-9-21-40(38)49/h5-36H,1-4H3. The minimum absolute atomic E-state index is 0.307. The number of hydrogen-bond acceptors (Lipinski definition) is 2. The summed E-state index contributed by atoms with van der Waals surface area (Å²) in [6.45, 7) is 9.34. The Morgan fingerprint density at radius 3 is 1.34 bits per heavy atom. The van der Waals surface area contributed by atoms with E-state index in [2.05, 4.69) is 222 Å². The normalized spacial score (nSPS) is 14.3. The first kappa shape index (κ1) is 36.4. The molecule has 2 aliphatic heterocycles. The monoisotopic (exact) mass is 796 g/mol. The Balaban J connectivity index is 1.21. The summed E-state index contributed by atoms with van der Waals surface area (Å²) < 4.78 is 13.4. The first-order valence-corrected chi connectivity index (χ1v) is 21.7. The SMILES string of the molecule is CC1(C)c2ccccc2Oc2cccc(-c3cccc4c(-c5cc(-c6ccccc6)cc6ccccc56)c5cccc(-c6cccc7c6C(C)(C)c6ccccc6O7)c5cc34)c21. The largest absolute Gasteiger partial charge is 0.457 e. The topological polar surface area (TPSA) is 18.5 Å². The van der Waals surface area contributed by atoms with Gasteiger partial charge in [-0.3, -0.25) is 0 Å². The fraction of sp³-hybridized carbons (Fsp3) is 0.100. The molecule has 2 aliphatic rings. The molecule has 0 atom stereocenters. The van der Waals surface area contributed by atoms with Gasteiger partial charge in [-0.05, 0) is 119 Å². The Hall–Kier alpha value is -7.42. The number of para-hydroxylation sites is 2. The summed E-state index contributed by atoms with van der Waals surface area (Å²) in [5.74, 6) is 3.66. The maximum atomic E-state index is 6.72. The molecule has 296 valence electrons. The molecule has 0 saturated carbocycles. The van der Waals surface area contributed by atoms with Gasteiger partial charge in [0, 0.05) is 33.1 Å². The van der Waals surface area contributed by atoms with Crippen molar-refractivity contribution in [2.45, 2.75) is 38.5 Å². The predicted octanol–water partition coefficient (Wildman–Crippen LogP) is 16.7. The van der Waals surface area contributed by atoms with E-state index in [-0.39, 0.29) is 10.8 Å². The summed E-state index contributed by atoms with van der Waals surface area (Å²) >= 11 is 0. The summed E-state index contributed by atoms with van der Waals surface area (Å²) in [4.78, 5) is 0. The van der Waals surface area contributed by atoms with Gasteiger partial charge in [0.05, 0.1) is 0 Å². The summed E-state index contributed by atoms with van der Waals surface area (Å²) in [5.41, 5.74) is 13.7. The number of fused-ring (bicyclic) bond motifs is 7. The van der Waals surface area contributed by atoms with Crippen LogP contribution in [0.5, 0.6) is 23.0 Å². The van der Waals surface area contributed by atoms with Crippen molar-refractivity contribution >= 4 is 32.3 Å². The van der Waals surface area contributed by atoms with E-state index in [1.54, 1.807) is 0 Å². The molecule has 12 rings (SSSR count). The molecule has 0 amide bonds. The van der Waals surface area contributed by atoms with E-state index in [0.717, 1.165) is 23.0 Å². The number of hydrogen-bond donors (Lipinski definition) is 0. The molecule has 2 heteroatoms. The van der Waals surface area contributed by atoms with E-state index in [1.807, 2.05) is 0 Å². The maximum Gasteiger partial charge on any atom is 0.132 e.